The Hall–Kier alpha value is -1.32. The molecule has 2 atom stereocenters. The lowest BCUT2D eigenvalue weighted by Crippen LogP contribution is -2.25. The number of benzene rings is 2. The zero-order valence-electron chi connectivity index (χ0n) is 12.9. The second kappa shape index (κ2) is 7.01. The lowest BCUT2D eigenvalue weighted by molar-refractivity contribution is -0.0509. The van der Waals surface area contributed by atoms with Gasteiger partial charge in [-0.2, -0.15) is 21.6 Å². The summed E-state index contributed by atoms with van der Waals surface area (Å²) in [4.78, 5) is -0.502. The molecule has 0 spiro atoms. The van der Waals surface area contributed by atoms with Crippen LogP contribution in [0.2, 0.25) is 0 Å². The zero-order chi connectivity index (χ0) is 19.1. The highest BCUT2D eigenvalue weighted by molar-refractivity contribution is 9.12. The van der Waals surface area contributed by atoms with Crippen LogP contribution in [0, 0.1) is 0 Å². The largest absolute Gasteiger partial charge is 0.534 e. The van der Waals surface area contributed by atoms with E-state index in [4.69, 9.17) is 0 Å². The topological polar surface area (TPSA) is 43.4 Å². The first-order valence-electron chi connectivity index (χ1n) is 7.30. The highest BCUT2D eigenvalue weighted by Crippen LogP contribution is 2.48. The Morgan fingerprint density at radius 1 is 0.885 bits per heavy atom. The summed E-state index contributed by atoms with van der Waals surface area (Å²) >= 11 is 7.16. The van der Waals surface area contributed by atoms with Gasteiger partial charge in [-0.15, -0.1) is 0 Å². The summed E-state index contributed by atoms with van der Waals surface area (Å²) in [6.07, 6.45) is 1.31. The molecule has 3 rings (SSSR count). The van der Waals surface area contributed by atoms with E-state index in [9.17, 15) is 21.6 Å². The van der Waals surface area contributed by atoms with Crippen LogP contribution in [0.4, 0.5) is 13.2 Å². The van der Waals surface area contributed by atoms with E-state index in [0.29, 0.717) is 11.1 Å². The number of hydrogen-bond donors (Lipinski definition) is 0. The van der Waals surface area contributed by atoms with Crippen molar-refractivity contribution in [1.29, 1.82) is 0 Å². The van der Waals surface area contributed by atoms with Crippen LogP contribution in [0.5, 0.6) is 0 Å². The highest BCUT2D eigenvalue weighted by Gasteiger charge is 2.49. The van der Waals surface area contributed by atoms with E-state index >= 15 is 0 Å². The molecule has 0 heterocycles. The van der Waals surface area contributed by atoms with Gasteiger partial charge in [-0.05, 0) is 22.8 Å². The normalized spacial score (nSPS) is 22.3. The van der Waals surface area contributed by atoms with Gasteiger partial charge in [0, 0.05) is 5.56 Å². The van der Waals surface area contributed by atoms with Crippen LogP contribution in [-0.4, -0.2) is 13.9 Å². The number of halogens is 5. The maximum atomic E-state index is 12.8. The molecule has 0 saturated carbocycles. The van der Waals surface area contributed by atoms with E-state index < -0.39 is 15.6 Å². The summed E-state index contributed by atoms with van der Waals surface area (Å²) in [5.41, 5.74) is -3.31. The first-order valence-corrected chi connectivity index (χ1v) is 10.5. The van der Waals surface area contributed by atoms with Crippen LogP contribution in [0.1, 0.15) is 31.9 Å². The lowest BCUT2D eigenvalue weighted by Gasteiger charge is -2.25. The van der Waals surface area contributed by atoms with Crippen molar-refractivity contribution in [2.24, 2.45) is 0 Å². The molecule has 0 aromatic heterocycles. The summed E-state index contributed by atoms with van der Waals surface area (Å²) in [5.74, 6) is -0.380. The van der Waals surface area contributed by atoms with Gasteiger partial charge in [0.2, 0.25) is 0 Å². The number of rotatable bonds is 2. The molecule has 0 saturated heterocycles. The van der Waals surface area contributed by atoms with Crippen molar-refractivity contribution in [1.82, 2.24) is 0 Å². The Morgan fingerprint density at radius 3 is 2.08 bits per heavy atom. The molecule has 0 N–H and O–H groups in total. The maximum absolute atomic E-state index is 12.8. The molecule has 0 fully saturated rings. The van der Waals surface area contributed by atoms with Crippen molar-refractivity contribution in [3.05, 3.63) is 70.8 Å². The molecule has 0 bridgehead atoms. The second-order valence-electron chi connectivity index (χ2n) is 5.51. The first kappa shape index (κ1) is 19.4. The van der Waals surface area contributed by atoms with Crippen molar-refractivity contribution < 1.29 is 25.8 Å². The van der Waals surface area contributed by atoms with Crippen LogP contribution < -0.4 is 0 Å². The smallest absolute Gasteiger partial charge is 0.375 e. The molecule has 3 nitrogen and oxygen atoms in total. The summed E-state index contributed by atoms with van der Waals surface area (Å²) in [5, 5.41) is 0. The molecular weight excluding hydrogens is 501 g/mol. The predicted octanol–water partition coefficient (Wildman–Crippen LogP) is 5.94. The van der Waals surface area contributed by atoms with Crippen molar-refractivity contribution in [3.63, 3.8) is 0 Å². The third-order valence-electron chi connectivity index (χ3n) is 3.84. The Balaban J connectivity index is 2.25. The molecule has 9 heteroatoms. The highest BCUT2D eigenvalue weighted by atomic mass is 79.9. The van der Waals surface area contributed by atoms with Gasteiger partial charge < -0.3 is 4.18 Å². The first-order chi connectivity index (χ1) is 12.1. The molecule has 2 aromatic carbocycles. The summed E-state index contributed by atoms with van der Waals surface area (Å²) in [7, 11) is -5.80. The minimum Gasteiger partial charge on any atom is -0.375 e. The molecule has 26 heavy (non-hydrogen) atoms. The fraction of sp³-hybridized carbons (Fsp3) is 0.176. The van der Waals surface area contributed by atoms with Gasteiger partial charge in [0.1, 0.15) is 0 Å². The van der Waals surface area contributed by atoms with Gasteiger partial charge in [0.15, 0.2) is 5.76 Å². The number of fused-ring (bicyclic) bond motifs is 2. The third kappa shape index (κ3) is 3.57. The summed E-state index contributed by atoms with van der Waals surface area (Å²) in [6, 6.07) is 13.5. The Kier molecular flexibility index (Phi) is 5.24. The molecule has 0 aliphatic heterocycles. The van der Waals surface area contributed by atoms with Crippen LogP contribution >= 0.6 is 31.9 Å². The molecule has 1 aliphatic carbocycles. The molecule has 138 valence electrons. The third-order valence-corrected chi connectivity index (χ3v) is 7.56. The van der Waals surface area contributed by atoms with Gasteiger partial charge in [-0.1, -0.05) is 80.4 Å². The number of alkyl halides is 5. The minimum atomic E-state index is -5.80. The minimum absolute atomic E-state index is 0.183. The monoisotopic (exact) mass is 510 g/mol. The van der Waals surface area contributed by atoms with Crippen molar-refractivity contribution in [2.75, 3.05) is 0 Å². The fourth-order valence-electron chi connectivity index (χ4n) is 2.62. The molecule has 0 amide bonds. The Labute approximate surface area is 165 Å². The average Bonchev–Trinajstić information content (AvgIpc) is 2.58. The molecular formula is C17H11Br2F3O3S. The van der Waals surface area contributed by atoms with Gasteiger partial charge in [0.05, 0.1) is 9.65 Å². The second-order valence-corrected chi connectivity index (χ2v) is 9.02. The van der Waals surface area contributed by atoms with E-state index in [2.05, 4.69) is 36.0 Å². The molecule has 2 aromatic rings. The van der Waals surface area contributed by atoms with E-state index in [0.717, 1.165) is 5.56 Å². The molecule has 1 aliphatic rings. The SMILES string of the molecule is O=S(=O)(O/C1=C/c2ccccc2C(Br)C(Br)c2ccccc21)C(F)(F)F. The van der Waals surface area contributed by atoms with Crippen molar-refractivity contribution in [3.8, 4) is 0 Å². The molecule has 2 unspecified atom stereocenters. The van der Waals surface area contributed by atoms with Gasteiger partial charge in [0.25, 0.3) is 0 Å². The molecule has 0 radical (unpaired) electrons. The zero-order valence-corrected chi connectivity index (χ0v) is 16.9. The van der Waals surface area contributed by atoms with Crippen molar-refractivity contribution >= 4 is 53.8 Å². The maximum Gasteiger partial charge on any atom is 0.534 e. The van der Waals surface area contributed by atoms with Gasteiger partial charge >= 0.3 is 15.6 Å². The van der Waals surface area contributed by atoms with Crippen molar-refractivity contribution in [2.45, 2.75) is 15.2 Å². The standard InChI is InChI=1S/C17H11Br2F3O3S/c18-15-11-6-2-1-5-10(11)9-14(25-26(23,24)17(20,21)22)12-7-3-4-8-13(12)16(15)19/h1-9,15-16H/b14-9+. The van der Waals surface area contributed by atoms with E-state index in [1.165, 1.54) is 12.1 Å². The van der Waals surface area contributed by atoms with E-state index in [1.54, 1.807) is 36.4 Å². The Bertz CT molecular complexity index is 971. The van der Waals surface area contributed by atoms with E-state index in [1.807, 2.05) is 6.07 Å². The van der Waals surface area contributed by atoms with Crippen LogP contribution in [-0.2, 0) is 14.3 Å². The summed E-state index contributed by atoms with van der Waals surface area (Å²) < 4.78 is 66.1. The van der Waals surface area contributed by atoms with E-state index in [-0.39, 0.29) is 21.0 Å². The number of hydrogen-bond acceptors (Lipinski definition) is 3. The lowest BCUT2D eigenvalue weighted by atomic mass is 9.92. The fourth-order valence-corrected chi connectivity index (χ4v) is 4.48. The summed E-state index contributed by atoms with van der Waals surface area (Å²) in [6.45, 7) is 0. The van der Waals surface area contributed by atoms with Crippen LogP contribution in [0.25, 0.3) is 11.8 Å². The van der Waals surface area contributed by atoms with Gasteiger partial charge in [-0.3, -0.25) is 0 Å². The van der Waals surface area contributed by atoms with Gasteiger partial charge in [-0.25, -0.2) is 0 Å². The average molecular weight is 512 g/mol. The van der Waals surface area contributed by atoms with Crippen LogP contribution in [0.15, 0.2) is 48.5 Å². The predicted molar refractivity (Wildman–Crippen MR) is 100 cm³/mol. The van der Waals surface area contributed by atoms with Crippen LogP contribution in [0.3, 0.4) is 0 Å². The Morgan fingerprint density at radius 2 is 1.42 bits per heavy atom. The quantitative estimate of drug-likeness (QED) is 0.285.